The third-order valence-electron chi connectivity index (χ3n) is 2.70. The number of carbonyl (C=O) groups excluding carboxylic acids is 1. The molecule has 0 aromatic heterocycles. The van der Waals surface area contributed by atoms with Gasteiger partial charge >= 0.3 is 5.97 Å². The van der Waals surface area contributed by atoms with Crippen molar-refractivity contribution >= 4 is 11.8 Å². The van der Waals surface area contributed by atoms with Crippen LogP contribution in [0, 0.1) is 5.41 Å². The second-order valence-corrected chi connectivity index (χ2v) is 3.76. The van der Waals surface area contributed by atoms with Gasteiger partial charge in [-0.1, -0.05) is 26.2 Å². The Morgan fingerprint density at radius 1 is 1.17 bits per heavy atom. The number of Topliss-reactive ketones (excluding diaryl/α,β-unsaturated/α-hetero) is 1. The lowest BCUT2D eigenvalue weighted by Gasteiger charge is -2.29. The Kier molecular flexibility index (Phi) is 2.50. The van der Waals surface area contributed by atoms with Crippen LogP contribution in [0.5, 0.6) is 0 Å². The average Bonchev–Trinajstić information content (AvgIpc) is 2.04. The van der Waals surface area contributed by atoms with E-state index in [2.05, 4.69) is 0 Å². The molecule has 68 valence electrons. The van der Waals surface area contributed by atoms with Crippen LogP contribution in [0.25, 0.3) is 0 Å². The van der Waals surface area contributed by atoms with Crippen molar-refractivity contribution in [1.82, 2.24) is 0 Å². The first-order chi connectivity index (χ1) is 5.56. The zero-order valence-electron chi connectivity index (χ0n) is 7.30. The molecule has 3 nitrogen and oxygen atoms in total. The zero-order chi connectivity index (χ0) is 9.19. The van der Waals surface area contributed by atoms with Crippen molar-refractivity contribution in [2.75, 3.05) is 0 Å². The van der Waals surface area contributed by atoms with Gasteiger partial charge in [0.05, 0.1) is 0 Å². The molecular formula is C9H14O3. The van der Waals surface area contributed by atoms with Crippen LogP contribution >= 0.6 is 0 Å². The van der Waals surface area contributed by atoms with Gasteiger partial charge in [0.25, 0.3) is 0 Å². The van der Waals surface area contributed by atoms with Crippen molar-refractivity contribution in [2.24, 2.45) is 5.41 Å². The third kappa shape index (κ3) is 1.65. The van der Waals surface area contributed by atoms with Crippen molar-refractivity contribution < 1.29 is 14.7 Å². The minimum absolute atomic E-state index is 0.579. The summed E-state index contributed by atoms with van der Waals surface area (Å²) in [6.07, 6.45) is 4.56. The van der Waals surface area contributed by atoms with Crippen LogP contribution in [-0.2, 0) is 9.59 Å². The summed E-state index contributed by atoms with van der Waals surface area (Å²) in [4.78, 5) is 21.7. The number of carboxylic acids is 1. The molecule has 0 unspecified atom stereocenters. The molecule has 1 saturated carbocycles. The van der Waals surface area contributed by atoms with E-state index in [-0.39, 0.29) is 0 Å². The molecule has 12 heavy (non-hydrogen) atoms. The maximum absolute atomic E-state index is 11.2. The van der Waals surface area contributed by atoms with E-state index in [1.165, 1.54) is 0 Å². The SMILES string of the molecule is CC1(C(=O)C(=O)O)CCCCC1. The number of aliphatic carboxylic acids is 1. The monoisotopic (exact) mass is 170 g/mol. The predicted octanol–water partition coefficient (Wildman–Crippen LogP) is 1.61. The molecule has 1 fully saturated rings. The van der Waals surface area contributed by atoms with Crippen LogP contribution in [-0.4, -0.2) is 16.9 Å². The van der Waals surface area contributed by atoms with Crippen LogP contribution in [0.1, 0.15) is 39.0 Å². The second-order valence-electron chi connectivity index (χ2n) is 3.76. The molecule has 1 N–H and O–H groups in total. The standard InChI is InChI=1S/C9H14O3/c1-9(7(10)8(11)12)5-3-2-4-6-9/h2-6H2,1H3,(H,11,12). The van der Waals surface area contributed by atoms with Gasteiger partial charge in [-0.15, -0.1) is 0 Å². The maximum Gasteiger partial charge on any atom is 0.372 e. The van der Waals surface area contributed by atoms with Crippen molar-refractivity contribution in [3.63, 3.8) is 0 Å². The largest absolute Gasteiger partial charge is 0.475 e. The van der Waals surface area contributed by atoms with E-state index in [1.54, 1.807) is 6.92 Å². The highest BCUT2D eigenvalue weighted by Gasteiger charge is 2.38. The first-order valence-electron chi connectivity index (χ1n) is 4.34. The molecular weight excluding hydrogens is 156 g/mol. The minimum atomic E-state index is -1.28. The van der Waals surface area contributed by atoms with Crippen LogP contribution in [0.2, 0.25) is 0 Å². The van der Waals surface area contributed by atoms with E-state index in [4.69, 9.17) is 5.11 Å². The summed E-state index contributed by atoms with van der Waals surface area (Å²) in [6, 6.07) is 0. The Bertz CT molecular complexity index is 202. The van der Waals surface area contributed by atoms with Crippen LogP contribution in [0.15, 0.2) is 0 Å². The van der Waals surface area contributed by atoms with E-state index in [9.17, 15) is 9.59 Å². The predicted molar refractivity (Wildman–Crippen MR) is 43.8 cm³/mol. The quantitative estimate of drug-likeness (QED) is 0.640. The molecule has 1 rings (SSSR count). The summed E-state index contributed by atoms with van der Waals surface area (Å²) in [5, 5.41) is 8.55. The number of hydrogen-bond acceptors (Lipinski definition) is 2. The first kappa shape index (κ1) is 9.23. The molecule has 0 spiro atoms. The van der Waals surface area contributed by atoms with Gasteiger partial charge in [-0.3, -0.25) is 4.79 Å². The average molecular weight is 170 g/mol. The number of carboxylic acid groups (broad SMARTS) is 1. The molecule has 0 aromatic rings. The van der Waals surface area contributed by atoms with Gasteiger partial charge in [0.1, 0.15) is 0 Å². The Hall–Kier alpha value is -0.860. The Morgan fingerprint density at radius 3 is 2.08 bits per heavy atom. The lowest BCUT2D eigenvalue weighted by Crippen LogP contribution is -2.35. The van der Waals surface area contributed by atoms with Gasteiger partial charge in [-0.05, 0) is 12.8 Å². The molecule has 0 amide bonds. The number of carbonyl (C=O) groups is 2. The molecule has 0 saturated heterocycles. The van der Waals surface area contributed by atoms with Gasteiger partial charge in [0.15, 0.2) is 0 Å². The second kappa shape index (κ2) is 3.25. The molecule has 0 radical (unpaired) electrons. The van der Waals surface area contributed by atoms with Gasteiger partial charge in [0.2, 0.25) is 5.78 Å². The smallest absolute Gasteiger partial charge is 0.372 e. The number of hydrogen-bond donors (Lipinski definition) is 1. The highest BCUT2D eigenvalue weighted by Crippen LogP contribution is 2.36. The fraction of sp³-hybridized carbons (Fsp3) is 0.778. The first-order valence-corrected chi connectivity index (χ1v) is 4.34. The molecule has 1 aliphatic carbocycles. The van der Waals surface area contributed by atoms with Gasteiger partial charge in [-0.2, -0.15) is 0 Å². The summed E-state index contributed by atoms with van der Waals surface area (Å²) >= 11 is 0. The van der Waals surface area contributed by atoms with Crippen molar-refractivity contribution in [3.8, 4) is 0 Å². The van der Waals surface area contributed by atoms with Crippen LogP contribution in [0.4, 0.5) is 0 Å². The molecule has 0 atom stereocenters. The van der Waals surface area contributed by atoms with Gasteiger partial charge < -0.3 is 5.11 Å². The highest BCUT2D eigenvalue weighted by atomic mass is 16.4. The third-order valence-corrected chi connectivity index (χ3v) is 2.70. The number of rotatable bonds is 2. The lowest BCUT2D eigenvalue weighted by atomic mass is 9.73. The fourth-order valence-corrected chi connectivity index (χ4v) is 1.82. The van der Waals surface area contributed by atoms with Crippen LogP contribution < -0.4 is 0 Å². The van der Waals surface area contributed by atoms with E-state index in [0.717, 1.165) is 32.1 Å². The minimum Gasteiger partial charge on any atom is -0.475 e. The summed E-state index contributed by atoms with van der Waals surface area (Å²) < 4.78 is 0. The summed E-state index contributed by atoms with van der Waals surface area (Å²) in [5.74, 6) is -1.89. The summed E-state index contributed by atoms with van der Waals surface area (Å²) in [5.41, 5.74) is -0.579. The molecule has 1 aliphatic rings. The van der Waals surface area contributed by atoms with E-state index in [0.29, 0.717) is 0 Å². The fourth-order valence-electron chi connectivity index (χ4n) is 1.82. The Labute approximate surface area is 71.8 Å². The van der Waals surface area contributed by atoms with Gasteiger partial charge in [-0.25, -0.2) is 4.79 Å². The molecule has 0 heterocycles. The number of ketones is 1. The summed E-state index contributed by atoms with van der Waals surface area (Å²) in [7, 11) is 0. The van der Waals surface area contributed by atoms with Crippen LogP contribution in [0.3, 0.4) is 0 Å². The molecule has 3 heteroatoms. The molecule has 0 aromatic carbocycles. The Morgan fingerprint density at radius 2 is 1.67 bits per heavy atom. The van der Waals surface area contributed by atoms with Gasteiger partial charge in [0, 0.05) is 5.41 Å². The summed E-state index contributed by atoms with van der Waals surface area (Å²) in [6.45, 7) is 1.77. The van der Waals surface area contributed by atoms with E-state index in [1.807, 2.05) is 0 Å². The van der Waals surface area contributed by atoms with Crippen molar-refractivity contribution in [2.45, 2.75) is 39.0 Å². The lowest BCUT2D eigenvalue weighted by molar-refractivity contribution is -0.154. The highest BCUT2D eigenvalue weighted by molar-refractivity contribution is 6.34. The normalized spacial score (nSPS) is 21.8. The zero-order valence-corrected chi connectivity index (χ0v) is 7.30. The van der Waals surface area contributed by atoms with E-state index >= 15 is 0 Å². The van der Waals surface area contributed by atoms with Crippen molar-refractivity contribution in [3.05, 3.63) is 0 Å². The topological polar surface area (TPSA) is 54.4 Å². The molecule has 0 aliphatic heterocycles. The Balaban J connectivity index is 2.69. The van der Waals surface area contributed by atoms with Crippen molar-refractivity contribution in [1.29, 1.82) is 0 Å². The van der Waals surface area contributed by atoms with E-state index < -0.39 is 17.2 Å². The molecule has 0 bridgehead atoms. The maximum atomic E-state index is 11.2.